The number of carbonyl (C=O) groups excluding carboxylic acids is 1. The van der Waals surface area contributed by atoms with Gasteiger partial charge < -0.3 is 24.9 Å². The molecule has 3 heterocycles. The van der Waals surface area contributed by atoms with Gasteiger partial charge in [0.05, 0.1) is 17.9 Å². The third-order valence-electron chi connectivity index (χ3n) is 5.56. The Kier molecular flexibility index (Phi) is 5.58. The van der Waals surface area contributed by atoms with E-state index < -0.39 is 36.4 Å². The van der Waals surface area contributed by atoms with Gasteiger partial charge >= 0.3 is 5.97 Å². The smallest absolute Gasteiger partial charge is 0.313 e. The molecule has 160 valence electrons. The van der Waals surface area contributed by atoms with Crippen LogP contribution in [0.3, 0.4) is 0 Å². The van der Waals surface area contributed by atoms with Gasteiger partial charge in [0.2, 0.25) is 5.28 Å². The second-order valence-corrected chi connectivity index (χ2v) is 7.73. The number of hydrogen-bond acceptors (Lipinski definition) is 7. The molecule has 1 aliphatic rings. The lowest BCUT2D eigenvalue weighted by molar-refractivity contribution is -0.160. The normalized spacial score (nSPS) is 24.1. The van der Waals surface area contributed by atoms with Gasteiger partial charge in [-0.3, -0.25) is 4.79 Å². The lowest BCUT2D eigenvalue weighted by atomic mass is 9.97. The molecule has 0 aliphatic carbocycles. The summed E-state index contributed by atoms with van der Waals surface area (Å²) >= 11 is 5.96. The number of halogens is 1. The Balaban J connectivity index is 1.62. The van der Waals surface area contributed by atoms with Crippen molar-refractivity contribution in [1.82, 2.24) is 14.5 Å². The van der Waals surface area contributed by atoms with E-state index in [1.807, 2.05) is 30.3 Å². The maximum atomic E-state index is 12.8. The number of benzene rings is 1. The average molecular weight is 441 g/mol. The molecule has 4 atom stereocenters. The molecular weight excluding hydrogens is 420 g/mol. The van der Waals surface area contributed by atoms with Crippen LogP contribution in [0.2, 0.25) is 5.28 Å². The summed E-state index contributed by atoms with van der Waals surface area (Å²) < 4.78 is 13.5. The molecule has 0 spiro atoms. The molecule has 4 rings (SSSR count). The van der Waals surface area contributed by atoms with E-state index in [1.165, 1.54) is 0 Å². The van der Waals surface area contributed by atoms with Crippen LogP contribution < -0.4 is 5.73 Å². The number of terminal acetylenes is 1. The van der Waals surface area contributed by atoms with E-state index in [9.17, 15) is 9.90 Å². The van der Waals surface area contributed by atoms with E-state index in [1.54, 1.807) is 23.8 Å². The quantitative estimate of drug-likeness (QED) is 0.356. The molecule has 8 nitrogen and oxygen atoms in total. The maximum absolute atomic E-state index is 12.8. The van der Waals surface area contributed by atoms with E-state index in [4.69, 9.17) is 33.2 Å². The van der Waals surface area contributed by atoms with E-state index in [0.717, 1.165) is 5.56 Å². The molecule has 2 aromatic heterocycles. The Labute approximate surface area is 183 Å². The van der Waals surface area contributed by atoms with Gasteiger partial charge in [0.1, 0.15) is 23.8 Å². The number of aromatic nitrogens is 3. The number of nitrogens with zero attached hydrogens (tertiary/aromatic N) is 3. The minimum absolute atomic E-state index is 0.00650. The van der Waals surface area contributed by atoms with Crippen LogP contribution in [-0.4, -0.2) is 43.9 Å². The van der Waals surface area contributed by atoms with Crippen molar-refractivity contribution < 1.29 is 19.4 Å². The van der Waals surface area contributed by atoms with Gasteiger partial charge in [-0.1, -0.05) is 36.3 Å². The Morgan fingerprint density at radius 2 is 2.19 bits per heavy atom. The first-order chi connectivity index (χ1) is 14.9. The number of anilines is 1. The Hall–Kier alpha value is -3.12. The van der Waals surface area contributed by atoms with Crippen LogP contribution in [0.5, 0.6) is 0 Å². The number of esters is 1. The standard InChI is InChI=1S/C22H21ClN4O4/c1-3-22(12-28)16(30-20(29)13(2)14-7-5-4-6-8-14)11-17(31-22)27-10-9-15-18(24)25-21(23)26-19(15)27/h1,4-10,13,16-17,28H,11-12H2,2H3,(H2,24,25,26)/t13-,16-,17+,22+/m0/s1. The maximum Gasteiger partial charge on any atom is 0.313 e. The van der Waals surface area contributed by atoms with Crippen molar-refractivity contribution in [3.05, 3.63) is 53.4 Å². The number of ether oxygens (including phenoxy) is 2. The van der Waals surface area contributed by atoms with Gasteiger partial charge in [0.15, 0.2) is 5.60 Å². The molecule has 3 N–H and O–H groups in total. The number of nitrogen functional groups attached to an aromatic ring is 1. The average Bonchev–Trinajstić information content (AvgIpc) is 3.35. The molecular formula is C22H21ClN4O4. The number of aliphatic hydroxyl groups is 1. The van der Waals surface area contributed by atoms with Crippen LogP contribution in [-0.2, 0) is 14.3 Å². The molecule has 0 radical (unpaired) electrons. The van der Waals surface area contributed by atoms with Crippen LogP contribution in [0.15, 0.2) is 42.6 Å². The highest BCUT2D eigenvalue weighted by atomic mass is 35.5. The van der Waals surface area contributed by atoms with Crippen molar-refractivity contribution in [3.63, 3.8) is 0 Å². The first-order valence-electron chi connectivity index (χ1n) is 9.70. The number of aliphatic hydroxyl groups excluding tert-OH is 1. The predicted molar refractivity (Wildman–Crippen MR) is 115 cm³/mol. The summed E-state index contributed by atoms with van der Waals surface area (Å²) in [6.07, 6.45) is 6.11. The minimum Gasteiger partial charge on any atom is -0.457 e. The molecule has 1 saturated heterocycles. The molecule has 0 bridgehead atoms. The van der Waals surface area contributed by atoms with Crippen molar-refractivity contribution in [2.24, 2.45) is 0 Å². The van der Waals surface area contributed by atoms with Crippen molar-refractivity contribution in [2.75, 3.05) is 12.3 Å². The largest absolute Gasteiger partial charge is 0.457 e. The number of hydrogen-bond donors (Lipinski definition) is 2. The highest BCUT2D eigenvalue weighted by Crippen LogP contribution is 2.40. The molecule has 0 saturated carbocycles. The van der Waals surface area contributed by atoms with Crippen LogP contribution >= 0.6 is 11.6 Å². The zero-order chi connectivity index (χ0) is 22.2. The SMILES string of the molecule is C#C[C@]1(CO)O[C@@H](n2ccc3c(N)nc(Cl)nc32)C[C@@H]1OC(=O)[C@@H](C)c1ccccc1. The van der Waals surface area contributed by atoms with Gasteiger partial charge in [0, 0.05) is 12.6 Å². The Morgan fingerprint density at radius 3 is 2.87 bits per heavy atom. The van der Waals surface area contributed by atoms with E-state index in [-0.39, 0.29) is 17.5 Å². The summed E-state index contributed by atoms with van der Waals surface area (Å²) in [6, 6.07) is 11.0. The van der Waals surface area contributed by atoms with Gasteiger partial charge in [-0.05, 0) is 30.2 Å². The molecule has 31 heavy (non-hydrogen) atoms. The summed E-state index contributed by atoms with van der Waals surface area (Å²) in [7, 11) is 0. The topological polar surface area (TPSA) is 112 Å². The Bertz CT molecular complexity index is 1160. The lowest BCUT2D eigenvalue weighted by Gasteiger charge is -2.27. The van der Waals surface area contributed by atoms with Gasteiger partial charge in [-0.2, -0.15) is 4.98 Å². The zero-order valence-electron chi connectivity index (χ0n) is 16.7. The fourth-order valence-electron chi connectivity index (χ4n) is 3.75. The number of fused-ring (bicyclic) bond motifs is 1. The highest BCUT2D eigenvalue weighted by molar-refractivity contribution is 6.28. The van der Waals surface area contributed by atoms with Crippen molar-refractivity contribution in [2.45, 2.75) is 37.2 Å². The van der Waals surface area contributed by atoms with Gasteiger partial charge in [-0.15, -0.1) is 6.42 Å². The summed E-state index contributed by atoms with van der Waals surface area (Å²) in [5.74, 6) is 1.75. The second kappa shape index (κ2) is 8.19. The van der Waals surface area contributed by atoms with Crippen LogP contribution in [0.1, 0.15) is 31.1 Å². The van der Waals surface area contributed by atoms with Gasteiger partial charge in [-0.25, -0.2) is 4.98 Å². The molecule has 1 aromatic carbocycles. The summed E-state index contributed by atoms with van der Waals surface area (Å²) in [6.45, 7) is 1.23. The monoisotopic (exact) mass is 440 g/mol. The number of nitrogens with two attached hydrogens (primary N) is 1. The highest BCUT2D eigenvalue weighted by Gasteiger charge is 2.51. The van der Waals surface area contributed by atoms with Crippen molar-refractivity contribution in [1.29, 1.82) is 0 Å². The molecule has 1 aliphatic heterocycles. The first kappa shape index (κ1) is 21.1. The molecule has 0 unspecified atom stereocenters. The van der Waals surface area contributed by atoms with Gasteiger partial charge in [0.25, 0.3) is 0 Å². The molecule has 1 fully saturated rings. The van der Waals surface area contributed by atoms with E-state index in [2.05, 4.69) is 15.9 Å². The first-order valence-corrected chi connectivity index (χ1v) is 10.1. The predicted octanol–water partition coefficient (Wildman–Crippen LogP) is 2.67. The minimum atomic E-state index is -1.49. The van der Waals surface area contributed by atoms with Crippen LogP contribution in [0.4, 0.5) is 5.82 Å². The molecule has 9 heteroatoms. The fourth-order valence-corrected chi connectivity index (χ4v) is 3.92. The number of carbonyl (C=O) groups is 1. The Morgan fingerprint density at radius 1 is 1.45 bits per heavy atom. The van der Waals surface area contributed by atoms with Crippen molar-refractivity contribution in [3.8, 4) is 12.3 Å². The summed E-state index contributed by atoms with van der Waals surface area (Å²) in [5, 5.41) is 10.6. The zero-order valence-corrected chi connectivity index (χ0v) is 17.5. The van der Waals surface area contributed by atoms with Crippen molar-refractivity contribution >= 4 is 34.4 Å². The third kappa shape index (κ3) is 3.72. The van der Waals surface area contributed by atoms with Crippen LogP contribution in [0, 0.1) is 12.3 Å². The molecule has 3 aromatic rings. The van der Waals surface area contributed by atoms with Crippen LogP contribution in [0.25, 0.3) is 11.0 Å². The van der Waals surface area contributed by atoms with E-state index in [0.29, 0.717) is 11.0 Å². The third-order valence-corrected chi connectivity index (χ3v) is 5.73. The summed E-state index contributed by atoms with van der Waals surface area (Å²) in [5.41, 5.74) is 5.71. The van der Waals surface area contributed by atoms with E-state index >= 15 is 0 Å². The molecule has 0 amide bonds. The fraction of sp³-hybridized carbons (Fsp3) is 0.318. The number of rotatable bonds is 5. The lowest BCUT2D eigenvalue weighted by Crippen LogP contribution is -2.44. The second-order valence-electron chi connectivity index (χ2n) is 7.40. The summed E-state index contributed by atoms with van der Waals surface area (Å²) in [4.78, 5) is 21.0.